The molecule has 0 aromatic carbocycles. The number of hydrogen-bond donors (Lipinski definition) is 2. The molecule has 0 spiro atoms. The Morgan fingerprint density at radius 1 is 1.55 bits per heavy atom. The summed E-state index contributed by atoms with van der Waals surface area (Å²) >= 11 is 0. The molecule has 1 unspecified atom stereocenters. The molecule has 0 radical (unpaired) electrons. The molecule has 1 amide bonds. The monoisotopic (exact) mass is 299 g/mol. The van der Waals surface area contributed by atoms with E-state index in [9.17, 15) is 18.0 Å². The smallest absolute Gasteiger partial charge is 0.409 e. The predicted octanol–water partition coefficient (Wildman–Crippen LogP) is -0.0708. The molecule has 1 aliphatic heterocycles. The van der Waals surface area contributed by atoms with Crippen LogP contribution in [0.3, 0.4) is 0 Å². The average molecular weight is 299 g/mol. The highest BCUT2D eigenvalue weighted by Gasteiger charge is 2.29. The Labute approximate surface area is 113 Å². The number of alkyl halides is 3. The maximum absolute atomic E-state index is 11.8. The van der Waals surface area contributed by atoms with E-state index in [1.54, 1.807) is 0 Å². The molecular weight excluding hydrogens is 283 g/mol. The minimum absolute atomic E-state index is 0.0913. The zero-order valence-corrected chi connectivity index (χ0v) is 10.6. The lowest BCUT2D eigenvalue weighted by Crippen LogP contribution is -2.50. The van der Waals surface area contributed by atoms with E-state index in [-0.39, 0.29) is 37.9 Å². The molecule has 1 rings (SSSR count). The van der Waals surface area contributed by atoms with Crippen LogP contribution >= 0.6 is 0 Å². The first-order chi connectivity index (χ1) is 9.33. The quantitative estimate of drug-likeness (QED) is 0.243. The Morgan fingerprint density at radius 2 is 2.25 bits per heavy atom. The fourth-order valence-corrected chi connectivity index (χ4v) is 1.62. The first kappa shape index (κ1) is 16.5. The van der Waals surface area contributed by atoms with Crippen LogP contribution in [0.5, 0.6) is 0 Å². The number of amidine groups is 1. The Bertz CT molecular complexity index is 362. The van der Waals surface area contributed by atoms with Crippen LogP contribution in [0.25, 0.3) is 0 Å². The zero-order chi connectivity index (χ0) is 15.2. The van der Waals surface area contributed by atoms with Gasteiger partial charge in [0.1, 0.15) is 12.7 Å². The minimum atomic E-state index is -4.40. The molecule has 1 fully saturated rings. The molecule has 0 saturated carbocycles. The van der Waals surface area contributed by atoms with Crippen molar-refractivity contribution in [1.29, 1.82) is 0 Å². The van der Waals surface area contributed by atoms with Crippen LogP contribution in [0.1, 0.15) is 6.42 Å². The van der Waals surface area contributed by atoms with E-state index >= 15 is 0 Å². The van der Waals surface area contributed by atoms with Gasteiger partial charge in [0.05, 0.1) is 26.2 Å². The van der Waals surface area contributed by atoms with Crippen LogP contribution in [0.2, 0.25) is 0 Å². The number of ether oxygens (including phenoxy) is 2. The number of nitrogens with zero attached hydrogens (tertiary/aromatic N) is 2. The lowest BCUT2D eigenvalue weighted by molar-refractivity contribution is -0.175. The highest BCUT2D eigenvalue weighted by Crippen LogP contribution is 2.14. The van der Waals surface area contributed by atoms with Crippen molar-refractivity contribution in [1.82, 2.24) is 4.90 Å². The highest BCUT2D eigenvalue weighted by atomic mass is 19.4. The minimum Gasteiger partial charge on any atom is -0.409 e. The topological polar surface area (TPSA) is 97.4 Å². The van der Waals surface area contributed by atoms with Gasteiger partial charge in [-0.15, -0.1) is 0 Å². The SMILES string of the molecule is NC(=NO)C1CN(C(=O)CCOCC(F)(F)F)CCO1. The molecular formula is C10H16F3N3O4. The number of morpholine rings is 1. The molecule has 10 heteroatoms. The summed E-state index contributed by atoms with van der Waals surface area (Å²) in [4.78, 5) is 13.1. The van der Waals surface area contributed by atoms with E-state index in [1.807, 2.05) is 0 Å². The lowest BCUT2D eigenvalue weighted by Gasteiger charge is -2.32. The van der Waals surface area contributed by atoms with Crippen molar-refractivity contribution < 1.29 is 32.6 Å². The first-order valence-corrected chi connectivity index (χ1v) is 5.85. The normalized spacial score (nSPS) is 21.1. The average Bonchev–Trinajstić information content (AvgIpc) is 2.41. The van der Waals surface area contributed by atoms with Crippen molar-refractivity contribution in [2.45, 2.75) is 18.7 Å². The third-order valence-corrected chi connectivity index (χ3v) is 2.59. The van der Waals surface area contributed by atoms with E-state index in [1.165, 1.54) is 4.90 Å². The van der Waals surface area contributed by atoms with Gasteiger partial charge in [0.15, 0.2) is 5.84 Å². The van der Waals surface area contributed by atoms with E-state index < -0.39 is 18.9 Å². The Balaban J connectivity index is 2.32. The number of oxime groups is 1. The van der Waals surface area contributed by atoms with Crippen LogP contribution in [0.15, 0.2) is 5.16 Å². The van der Waals surface area contributed by atoms with Crippen molar-refractivity contribution in [3.8, 4) is 0 Å². The van der Waals surface area contributed by atoms with Crippen molar-refractivity contribution in [3.05, 3.63) is 0 Å². The van der Waals surface area contributed by atoms with Crippen molar-refractivity contribution in [2.24, 2.45) is 10.9 Å². The second-order valence-corrected chi connectivity index (χ2v) is 4.14. The molecule has 0 aromatic heterocycles. The third-order valence-electron chi connectivity index (χ3n) is 2.59. The summed E-state index contributed by atoms with van der Waals surface area (Å²) in [6.45, 7) is -1.10. The van der Waals surface area contributed by atoms with Gasteiger partial charge in [-0.1, -0.05) is 5.16 Å². The van der Waals surface area contributed by atoms with E-state index in [2.05, 4.69) is 9.89 Å². The Morgan fingerprint density at radius 3 is 2.85 bits per heavy atom. The molecule has 1 atom stereocenters. The molecule has 1 saturated heterocycles. The van der Waals surface area contributed by atoms with Crippen molar-refractivity contribution >= 4 is 11.7 Å². The van der Waals surface area contributed by atoms with Gasteiger partial charge in [-0.05, 0) is 0 Å². The largest absolute Gasteiger partial charge is 0.411 e. The van der Waals surface area contributed by atoms with Gasteiger partial charge in [0.25, 0.3) is 0 Å². The van der Waals surface area contributed by atoms with Gasteiger partial charge in [0, 0.05) is 6.54 Å². The van der Waals surface area contributed by atoms with Crippen LogP contribution in [-0.4, -0.2) is 67.0 Å². The second kappa shape index (κ2) is 7.29. The maximum atomic E-state index is 11.8. The summed E-state index contributed by atoms with van der Waals surface area (Å²) in [5, 5.41) is 11.3. The first-order valence-electron chi connectivity index (χ1n) is 5.85. The summed E-state index contributed by atoms with van der Waals surface area (Å²) in [5.74, 6) is -0.526. The number of halogens is 3. The van der Waals surface area contributed by atoms with Crippen LogP contribution < -0.4 is 5.73 Å². The van der Waals surface area contributed by atoms with E-state index in [0.29, 0.717) is 6.54 Å². The second-order valence-electron chi connectivity index (χ2n) is 4.14. The summed E-state index contributed by atoms with van der Waals surface area (Å²) in [7, 11) is 0. The third kappa shape index (κ3) is 5.61. The zero-order valence-electron chi connectivity index (χ0n) is 10.6. The molecule has 3 N–H and O–H groups in total. The van der Waals surface area contributed by atoms with Gasteiger partial charge < -0.3 is 25.3 Å². The molecule has 1 heterocycles. The van der Waals surface area contributed by atoms with Gasteiger partial charge >= 0.3 is 6.18 Å². The maximum Gasteiger partial charge on any atom is 0.411 e. The number of amides is 1. The van der Waals surface area contributed by atoms with E-state index in [4.69, 9.17) is 15.7 Å². The van der Waals surface area contributed by atoms with Crippen LogP contribution in [-0.2, 0) is 14.3 Å². The number of nitrogens with two attached hydrogens (primary N) is 1. The number of carbonyl (C=O) groups is 1. The molecule has 0 aliphatic carbocycles. The standard InChI is InChI=1S/C10H16F3N3O4/c11-10(12,13)6-19-3-1-8(17)16-2-4-20-7(5-16)9(14)15-18/h7,18H,1-6H2,(H2,14,15). The van der Waals surface area contributed by atoms with E-state index in [0.717, 1.165) is 0 Å². The number of carbonyl (C=O) groups excluding carboxylic acids is 1. The van der Waals surface area contributed by atoms with Crippen LogP contribution in [0.4, 0.5) is 13.2 Å². The van der Waals surface area contributed by atoms with Gasteiger partial charge in [-0.2, -0.15) is 13.2 Å². The fourth-order valence-electron chi connectivity index (χ4n) is 1.62. The molecule has 7 nitrogen and oxygen atoms in total. The van der Waals surface area contributed by atoms with Gasteiger partial charge in [-0.3, -0.25) is 4.79 Å². The number of rotatable bonds is 5. The summed E-state index contributed by atoms with van der Waals surface area (Å²) in [6.07, 6.45) is -5.29. The molecule has 20 heavy (non-hydrogen) atoms. The lowest BCUT2D eigenvalue weighted by atomic mass is 10.2. The van der Waals surface area contributed by atoms with Crippen molar-refractivity contribution in [2.75, 3.05) is 32.9 Å². The molecule has 0 bridgehead atoms. The summed E-state index contributed by atoms with van der Waals surface area (Å²) in [6, 6.07) is 0. The summed E-state index contributed by atoms with van der Waals surface area (Å²) in [5.41, 5.74) is 5.37. The highest BCUT2D eigenvalue weighted by molar-refractivity contribution is 5.85. The van der Waals surface area contributed by atoms with Gasteiger partial charge in [-0.25, -0.2) is 0 Å². The number of hydrogen-bond acceptors (Lipinski definition) is 5. The molecule has 116 valence electrons. The fraction of sp³-hybridized carbons (Fsp3) is 0.800. The van der Waals surface area contributed by atoms with Gasteiger partial charge in [0.2, 0.25) is 5.91 Å². The van der Waals surface area contributed by atoms with Crippen LogP contribution in [0, 0.1) is 0 Å². The Hall–Kier alpha value is -1.55. The van der Waals surface area contributed by atoms with Crippen molar-refractivity contribution in [3.63, 3.8) is 0 Å². The molecule has 1 aliphatic rings. The molecule has 0 aromatic rings. The Kier molecular flexibility index (Phi) is 6.02. The summed E-state index contributed by atoms with van der Waals surface area (Å²) < 4.78 is 45.0. The predicted molar refractivity (Wildman–Crippen MR) is 61.2 cm³/mol.